The van der Waals surface area contributed by atoms with Gasteiger partial charge >= 0.3 is 0 Å². The highest BCUT2D eigenvalue weighted by molar-refractivity contribution is 9.09. The van der Waals surface area contributed by atoms with Gasteiger partial charge in [-0.15, -0.1) is 0 Å². The first-order valence-electron chi connectivity index (χ1n) is 5.12. The summed E-state index contributed by atoms with van der Waals surface area (Å²) >= 11 is 3.44. The van der Waals surface area contributed by atoms with Crippen LogP contribution >= 0.6 is 15.9 Å². The number of unbranched alkanes of at least 4 members (excludes halogenated alkanes) is 2. The topological polar surface area (TPSA) is 12.5 Å². The molecule has 0 bridgehead atoms. The van der Waals surface area contributed by atoms with E-state index in [4.69, 9.17) is 4.74 Å². The SMILES string of the molecule is CCN(CCCCCBr)CCOC. The van der Waals surface area contributed by atoms with Crippen LogP contribution in [0.4, 0.5) is 0 Å². The number of rotatable bonds is 9. The van der Waals surface area contributed by atoms with Gasteiger partial charge in [-0.05, 0) is 25.9 Å². The summed E-state index contributed by atoms with van der Waals surface area (Å²) in [6.45, 7) is 6.48. The van der Waals surface area contributed by atoms with E-state index in [-0.39, 0.29) is 0 Å². The Hall–Kier alpha value is 0.400. The van der Waals surface area contributed by atoms with E-state index in [2.05, 4.69) is 27.8 Å². The zero-order valence-corrected chi connectivity index (χ0v) is 10.5. The molecule has 13 heavy (non-hydrogen) atoms. The molecule has 2 nitrogen and oxygen atoms in total. The molecule has 0 radical (unpaired) electrons. The lowest BCUT2D eigenvalue weighted by atomic mass is 10.2. The lowest BCUT2D eigenvalue weighted by Crippen LogP contribution is -2.28. The van der Waals surface area contributed by atoms with Crippen molar-refractivity contribution >= 4 is 15.9 Å². The third-order valence-electron chi connectivity index (χ3n) is 2.17. The zero-order chi connectivity index (χ0) is 9.94. The number of hydrogen-bond acceptors (Lipinski definition) is 2. The second-order valence-corrected chi connectivity index (χ2v) is 3.97. The minimum Gasteiger partial charge on any atom is -0.383 e. The van der Waals surface area contributed by atoms with E-state index in [0.29, 0.717) is 0 Å². The summed E-state index contributed by atoms with van der Waals surface area (Å²) in [5.41, 5.74) is 0. The Labute approximate surface area is 90.8 Å². The van der Waals surface area contributed by atoms with Gasteiger partial charge in [0.2, 0.25) is 0 Å². The van der Waals surface area contributed by atoms with Crippen LogP contribution in [0.2, 0.25) is 0 Å². The summed E-state index contributed by atoms with van der Waals surface area (Å²) in [6, 6.07) is 0. The number of hydrogen-bond donors (Lipinski definition) is 0. The van der Waals surface area contributed by atoms with Crippen LogP contribution in [0, 0.1) is 0 Å². The molecule has 0 aromatic rings. The fourth-order valence-electron chi connectivity index (χ4n) is 1.26. The molecule has 0 aliphatic rings. The Kier molecular flexibility index (Phi) is 10.8. The quantitative estimate of drug-likeness (QED) is 0.462. The maximum absolute atomic E-state index is 5.05. The Morgan fingerprint density at radius 2 is 1.92 bits per heavy atom. The van der Waals surface area contributed by atoms with Crippen LogP contribution in [-0.2, 0) is 4.74 Å². The van der Waals surface area contributed by atoms with Crippen LogP contribution in [0.1, 0.15) is 26.2 Å². The highest BCUT2D eigenvalue weighted by atomic mass is 79.9. The highest BCUT2D eigenvalue weighted by Crippen LogP contribution is 2.00. The van der Waals surface area contributed by atoms with Crippen molar-refractivity contribution < 1.29 is 4.74 Å². The lowest BCUT2D eigenvalue weighted by Gasteiger charge is -2.19. The molecule has 3 heteroatoms. The molecule has 0 saturated heterocycles. The molecule has 0 unspecified atom stereocenters. The van der Waals surface area contributed by atoms with Gasteiger partial charge in [-0.2, -0.15) is 0 Å². The molecule has 0 amide bonds. The Balaban J connectivity index is 3.25. The summed E-state index contributed by atoms with van der Waals surface area (Å²) in [7, 11) is 1.76. The molecular weight excluding hydrogens is 230 g/mol. The monoisotopic (exact) mass is 251 g/mol. The van der Waals surface area contributed by atoms with Crippen LogP contribution in [0.25, 0.3) is 0 Å². The van der Waals surface area contributed by atoms with Crippen molar-refractivity contribution in [3.63, 3.8) is 0 Å². The van der Waals surface area contributed by atoms with E-state index in [0.717, 1.165) is 25.0 Å². The minimum atomic E-state index is 0.853. The number of halogens is 1. The first kappa shape index (κ1) is 13.4. The molecule has 0 rings (SSSR count). The van der Waals surface area contributed by atoms with Gasteiger partial charge in [0.25, 0.3) is 0 Å². The normalized spacial score (nSPS) is 11.1. The summed E-state index contributed by atoms with van der Waals surface area (Å²) in [6.07, 6.45) is 3.93. The second kappa shape index (κ2) is 10.5. The average Bonchev–Trinajstić information content (AvgIpc) is 2.17. The third kappa shape index (κ3) is 8.72. The zero-order valence-electron chi connectivity index (χ0n) is 8.89. The minimum absolute atomic E-state index is 0.853. The Morgan fingerprint density at radius 3 is 2.46 bits per heavy atom. The standard InChI is InChI=1S/C10H22BrNO/c1-3-12(9-10-13-2)8-6-4-5-7-11/h3-10H2,1-2H3. The van der Waals surface area contributed by atoms with E-state index in [9.17, 15) is 0 Å². The average molecular weight is 252 g/mol. The Bertz CT molecular complexity index is 101. The second-order valence-electron chi connectivity index (χ2n) is 3.18. The van der Waals surface area contributed by atoms with E-state index in [1.54, 1.807) is 7.11 Å². The maximum Gasteiger partial charge on any atom is 0.0589 e. The first-order chi connectivity index (χ1) is 6.35. The molecule has 0 aliphatic carbocycles. The Morgan fingerprint density at radius 1 is 1.15 bits per heavy atom. The summed E-state index contributed by atoms with van der Waals surface area (Å²) in [5, 5.41) is 1.14. The number of nitrogens with zero attached hydrogens (tertiary/aromatic N) is 1. The molecule has 0 aromatic carbocycles. The van der Waals surface area contributed by atoms with Gasteiger partial charge in [0.15, 0.2) is 0 Å². The van der Waals surface area contributed by atoms with Crippen LogP contribution in [-0.4, -0.2) is 43.6 Å². The first-order valence-corrected chi connectivity index (χ1v) is 6.24. The van der Waals surface area contributed by atoms with Crippen LogP contribution in [0.15, 0.2) is 0 Å². The predicted molar refractivity (Wildman–Crippen MR) is 61.6 cm³/mol. The van der Waals surface area contributed by atoms with Gasteiger partial charge in [-0.1, -0.05) is 29.3 Å². The van der Waals surface area contributed by atoms with Crippen molar-refractivity contribution in [3.8, 4) is 0 Å². The van der Waals surface area contributed by atoms with Crippen LogP contribution in [0.5, 0.6) is 0 Å². The van der Waals surface area contributed by atoms with Gasteiger partial charge in [0.05, 0.1) is 6.61 Å². The van der Waals surface area contributed by atoms with Crippen LogP contribution < -0.4 is 0 Å². The van der Waals surface area contributed by atoms with Crippen molar-refractivity contribution in [3.05, 3.63) is 0 Å². The fourth-order valence-corrected chi connectivity index (χ4v) is 1.65. The van der Waals surface area contributed by atoms with Crippen molar-refractivity contribution in [2.24, 2.45) is 0 Å². The molecule has 0 atom stereocenters. The lowest BCUT2D eigenvalue weighted by molar-refractivity contribution is 0.149. The number of ether oxygens (including phenoxy) is 1. The van der Waals surface area contributed by atoms with Gasteiger partial charge in [0.1, 0.15) is 0 Å². The highest BCUT2D eigenvalue weighted by Gasteiger charge is 2.00. The van der Waals surface area contributed by atoms with Gasteiger partial charge < -0.3 is 9.64 Å². The smallest absolute Gasteiger partial charge is 0.0589 e. The number of methoxy groups -OCH3 is 1. The summed E-state index contributed by atoms with van der Waals surface area (Å²) in [4.78, 5) is 2.44. The number of likely N-dealkylation sites (N-methyl/N-ethyl adjacent to an activating group) is 1. The predicted octanol–water partition coefficient (Wildman–Crippen LogP) is 2.52. The van der Waals surface area contributed by atoms with Gasteiger partial charge in [-0.25, -0.2) is 0 Å². The van der Waals surface area contributed by atoms with Gasteiger partial charge in [0, 0.05) is 19.0 Å². The molecule has 0 fully saturated rings. The molecule has 0 aromatic heterocycles. The summed E-state index contributed by atoms with van der Waals surface area (Å²) in [5.74, 6) is 0. The van der Waals surface area contributed by atoms with Crippen molar-refractivity contribution in [1.82, 2.24) is 4.90 Å². The van der Waals surface area contributed by atoms with E-state index < -0.39 is 0 Å². The van der Waals surface area contributed by atoms with Crippen LogP contribution in [0.3, 0.4) is 0 Å². The van der Waals surface area contributed by atoms with Crippen molar-refractivity contribution in [1.29, 1.82) is 0 Å². The molecule has 0 spiro atoms. The largest absolute Gasteiger partial charge is 0.383 e. The molecule has 0 N–H and O–H groups in total. The van der Waals surface area contributed by atoms with E-state index in [1.165, 1.54) is 25.8 Å². The van der Waals surface area contributed by atoms with Crippen molar-refractivity contribution in [2.45, 2.75) is 26.2 Å². The maximum atomic E-state index is 5.05. The molecular formula is C10H22BrNO. The van der Waals surface area contributed by atoms with Gasteiger partial charge in [-0.3, -0.25) is 0 Å². The van der Waals surface area contributed by atoms with E-state index >= 15 is 0 Å². The molecule has 0 aliphatic heterocycles. The number of alkyl halides is 1. The third-order valence-corrected chi connectivity index (χ3v) is 2.73. The van der Waals surface area contributed by atoms with E-state index in [1.807, 2.05) is 0 Å². The molecule has 80 valence electrons. The molecule has 0 saturated carbocycles. The molecule has 0 heterocycles. The summed E-state index contributed by atoms with van der Waals surface area (Å²) < 4.78 is 5.05. The fraction of sp³-hybridized carbons (Fsp3) is 1.00. The van der Waals surface area contributed by atoms with Crippen molar-refractivity contribution in [2.75, 3.05) is 38.7 Å².